The van der Waals surface area contributed by atoms with Crippen molar-refractivity contribution in [3.63, 3.8) is 0 Å². The van der Waals surface area contributed by atoms with E-state index >= 15 is 0 Å². The fraction of sp³-hybridized carbons (Fsp3) is 0.348. The van der Waals surface area contributed by atoms with E-state index in [2.05, 4.69) is 46.4 Å². The van der Waals surface area contributed by atoms with Crippen LogP contribution in [0, 0.1) is 6.92 Å². The number of H-pyrrole nitrogens is 1. The number of nitrogens with one attached hydrogen (secondary N) is 2. The number of fused-ring (bicyclic) bond motifs is 1. The molecule has 2 aliphatic rings. The van der Waals surface area contributed by atoms with Crippen LogP contribution in [0.2, 0.25) is 0 Å². The number of para-hydroxylation sites is 1. The van der Waals surface area contributed by atoms with Gasteiger partial charge in [-0.05, 0) is 68.5 Å². The molecule has 1 aliphatic heterocycles. The molecule has 1 aliphatic carbocycles. The lowest BCUT2D eigenvalue weighted by Crippen LogP contribution is -2.28. The Balaban J connectivity index is 1.39. The summed E-state index contributed by atoms with van der Waals surface area (Å²) in [5.41, 5.74) is 5.12. The van der Waals surface area contributed by atoms with Gasteiger partial charge in [0.25, 0.3) is 0 Å². The van der Waals surface area contributed by atoms with E-state index in [0.29, 0.717) is 0 Å². The zero-order chi connectivity index (χ0) is 18.4. The molecule has 5 rings (SSSR count). The zero-order valence-corrected chi connectivity index (χ0v) is 15.7. The van der Waals surface area contributed by atoms with E-state index in [9.17, 15) is 4.79 Å². The van der Waals surface area contributed by atoms with Crippen LogP contribution < -0.4 is 10.2 Å². The predicted molar refractivity (Wildman–Crippen MR) is 110 cm³/mol. The summed E-state index contributed by atoms with van der Waals surface area (Å²) in [6, 6.07) is 16.6. The molecule has 2 aromatic carbocycles. The molecule has 1 aromatic heterocycles. The summed E-state index contributed by atoms with van der Waals surface area (Å²) in [4.78, 5) is 19.0. The SMILES string of the molecule is Cc1[nH]c2ccccc2c1C1(C(=O)Nc2ccc(N3CCCC3)cc2)CC1. The number of benzene rings is 2. The Morgan fingerprint density at radius 3 is 2.44 bits per heavy atom. The molecule has 0 radical (unpaired) electrons. The molecule has 0 atom stereocenters. The largest absolute Gasteiger partial charge is 0.372 e. The van der Waals surface area contributed by atoms with E-state index in [1.165, 1.54) is 29.5 Å². The summed E-state index contributed by atoms with van der Waals surface area (Å²) in [6.07, 6.45) is 4.36. The van der Waals surface area contributed by atoms with Crippen molar-refractivity contribution in [2.45, 2.75) is 38.0 Å². The summed E-state index contributed by atoms with van der Waals surface area (Å²) in [7, 11) is 0. The van der Waals surface area contributed by atoms with Gasteiger partial charge in [0.2, 0.25) is 5.91 Å². The first-order valence-corrected chi connectivity index (χ1v) is 9.92. The van der Waals surface area contributed by atoms with Crippen molar-refractivity contribution in [1.29, 1.82) is 0 Å². The van der Waals surface area contributed by atoms with Gasteiger partial charge >= 0.3 is 0 Å². The first-order valence-electron chi connectivity index (χ1n) is 9.92. The molecule has 4 heteroatoms. The third-order valence-corrected chi connectivity index (χ3v) is 6.15. The van der Waals surface area contributed by atoms with E-state index in [1.807, 2.05) is 24.3 Å². The van der Waals surface area contributed by atoms with Crippen molar-refractivity contribution in [2.24, 2.45) is 0 Å². The molecule has 1 saturated carbocycles. The maximum atomic E-state index is 13.2. The van der Waals surface area contributed by atoms with Crippen LogP contribution in [0.25, 0.3) is 10.9 Å². The van der Waals surface area contributed by atoms with Gasteiger partial charge in [-0.15, -0.1) is 0 Å². The minimum Gasteiger partial charge on any atom is -0.372 e. The number of carbonyl (C=O) groups is 1. The zero-order valence-electron chi connectivity index (χ0n) is 15.7. The van der Waals surface area contributed by atoms with Crippen molar-refractivity contribution in [1.82, 2.24) is 4.98 Å². The minimum absolute atomic E-state index is 0.115. The van der Waals surface area contributed by atoms with Crippen LogP contribution in [-0.2, 0) is 10.2 Å². The molecule has 1 amide bonds. The van der Waals surface area contributed by atoms with E-state index in [-0.39, 0.29) is 5.91 Å². The topological polar surface area (TPSA) is 48.1 Å². The van der Waals surface area contributed by atoms with Gasteiger partial charge in [0, 0.05) is 41.1 Å². The molecule has 0 unspecified atom stereocenters. The fourth-order valence-electron chi connectivity index (χ4n) is 4.59. The Bertz CT molecular complexity index is 992. The molecule has 4 nitrogen and oxygen atoms in total. The van der Waals surface area contributed by atoms with Crippen LogP contribution in [0.3, 0.4) is 0 Å². The molecular weight excluding hydrogens is 334 g/mol. The lowest BCUT2D eigenvalue weighted by atomic mass is 9.92. The van der Waals surface area contributed by atoms with Crippen LogP contribution in [0.4, 0.5) is 11.4 Å². The molecule has 0 spiro atoms. The monoisotopic (exact) mass is 359 g/mol. The number of aromatic amines is 1. The number of amides is 1. The average molecular weight is 359 g/mol. The first kappa shape index (κ1) is 16.4. The number of rotatable bonds is 4. The second-order valence-corrected chi connectivity index (χ2v) is 7.95. The standard InChI is InChI=1S/C23H25N3O/c1-16-21(19-6-2-3-7-20(19)24-16)23(12-13-23)22(27)25-17-8-10-18(11-9-17)26-14-4-5-15-26/h2-3,6-11,24H,4-5,12-15H2,1H3,(H,25,27). The Morgan fingerprint density at radius 1 is 1.04 bits per heavy atom. The number of aromatic nitrogens is 1. The highest BCUT2D eigenvalue weighted by atomic mass is 16.2. The molecule has 0 bridgehead atoms. The van der Waals surface area contributed by atoms with E-state index in [0.717, 1.165) is 42.8 Å². The first-order chi connectivity index (χ1) is 13.2. The maximum Gasteiger partial charge on any atom is 0.235 e. The summed E-state index contributed by atoms with van der Waals surface area (Å²) < 4.78 is 0. The van der Waals surface area contributed by atoms with Gasteiger partial charge < -0.3 is 15.2 Å². The van der Waals surface area contributed by atoms with Gasteiger partial charge in [-0.25, -0.2) is 0 Å². The van der Waals surface area contributed by atoms with Gasteiger partial charge in [-0.1, -0.05) is 18.2 Å². The quantitative estimate of drug-likeness (QED) is 0.706. The Hall–Kier alpha value is -2.75. The Morgan fingerprint density at radius 2 is 1.74 bits per heavy atom. The van der Waals surface area contributed by atoms with Crippen molar-refractivity contribution < 1.29 is 4.79 Å². The second kappa shape index (κ2) is 6.15. The lowest BCUT2D eigenvalue weighted by Gasteiger charge is -2.19. The van der Waals surface area contributed by atoms with Crippen LogP contribution in [0.1, 0.15) is 36.9 Å². The van der Waals surface area contributed by atoms with Crippen LogP contribution in [-0.4, -0.2) is 24.0 Å². The molecule has 2 N–H and O–H groups in total. The number of anilines is 2. The fourth-order valence-corrected chi connectivity index (χ4v) is 4.59. The normalized spacial score (nSPS) is 18.0. The highest BCUT2D eigenvalue weighted by Gasteiger charge is 2.53. The number of carbonyl (C=O) groups excluding carboxylic acids is 1. The van der Waals surface area contributed by atoms with E-state index < -0.39 is 5.41 Å². The van der Waals surface area contributed by atoms with Crippen LogP contribution in [0.5, 0.6) is 0 Å². The molecular formula is C23H25N3O. The van der Waals surface area contributed by atoms with Gasteiger partial charge in [-0.3, -0.25) is 4.79 Å². The van der Waals surface area contributed by atoms with Crippen molar-refractivity contribution in [3.05, 3.63) is 59.8 Å². The number of nitrogens with zero attached hydrogens (tertiary/aromatic N) is 1. The Labute approximate surface area is 159 Å². The predicted octanol–water partition coefficient (Wildman–Crippen LogP) is 4.75. The van der Waals surface area contributed by atoms with Gasteiger partial charge in [0.1, 0.15) is 0 Å². The molecule has 2 heterocycles. The van der Waals surface area contributed by atoms with Crippen LogP contribution in [0.15, 0.2) is 48.5 Å². The van der Waals surface area contributed by atoms with Gasteiger partial charge in [-0.2, -0.15) is 0 Å². The molecule has 1 saturated heterocycles. The van der Waals surface area contributed by atoms with Gasteiger partial charge in [0.05, 0.1) is 5.41 Å². The minimum atomic E-state index is -0.392. The maximum absolute atomic E-state index is 13.2. The number of hydrogen-bond acceptors (Lipinski definition) is 2. The Kier molecular flexibility index (Phi) is 3.74. The van der Waals surface area contributed by atoms with Crippen LogP contribution >= 0.6 is 0 Å². The summed E-state index contributed by atoms with van der Waals surface area (Å²) in [5, 5.41) is 4.34. The number of aryl methyl sites for hydroxylation is 1. The van der Waals surface area contributed by atoms with E-state index in [1.54, 1.807) is 0 Å². The molecule has 3 aromatic rings. The van der Waals surface area contributed by atoms with Gasteiger partial charge in [0.15, 0.2) is 0 Å². The summed E-state index contributed by atoms with van der Waals surface area (Å²) in [6.45, 7) is 4.34. The summed E-state index contributed by atoms with van der Waals surface area (Å²) >= 11 is 0. The highest BCUT2D eigenvalue weighted by Crippen LogP contribution is 2.52. The van der Waals surface area contributed by atoms with Crippen molar-refractivity contribution in [2.75, 3.05) is 23.3 Å². The lowest BCUT2D eigenvalue weighted by molar-refractivity contribution is -0.118. The van der Waals surface area contributed by atoms with E-state index in [4.69, 9.17) is 0 Å². The highest BCUT2D eigenvalue weighted by molar-refractivity contribution is 6.05. The third-order valence-electron chi connectivity index (χ3n) is 6.15. The van der Waals surface area contributed by atoms with Crippen molar-refractivity contribution in [3.8, 4) is 0 Å². The molecule has 138 valence electrons. The number of hydrogen-bond donors (Lipinski definition) is 2. The molecule has 27 heavy (non-hydrogen) atoms. The average Bonchev–Trinajstić information content (AvgIpc) is 3.14. The second-order valence-electron chi connectivity index (χ2n) is 7.95. The van der Waals surface area contributed by atoms with Crippen molar-refractivity contribution >= 4 is 28.2 Å². The summed E-state index contributed by atoms with van der Waals surface area (Å²) in [5.74, 6) is 0.115. The third kappa shape index (κ3) is 2.71. The smallest absolute Gasteiger partial charge is 0.235 e. The molecule has 2 fully saturated rings.